The number of nitrogens with two attached hydrogens (primary N) is 1. The summed E-state index contributed by atoms with van der Waals surface area (Å²) in [7, 11) is 1.30. The molecule has 1 unspecified atom stereocenters. The Morgan fingerprint density at radius 1 is 1.40 bits per heavy atom. The van der Waals surface area contributed by atoms with Crippen molar-refractivity contribution >= 4 is 17.6 Å². The van der Waals surface area contributed by atoms with Crippen LogP contribution in [-0.4, -0.2) is 34.8 Å². The summed E-state index contributed by atoms with van der Waals surface area (Å²) >= 11 is 0. The molecule has 0 bridgehead atoms. The van der Waals surface area contributed by atoms with E-state index in [2.05, 4.69) is 15.2 Å². The number of aromatic nitrogens is 2. The van der Waals surface area contributed by atoms with Gasteiger partial charge < -0.3 is 15.8 Å². The molecule has 1 aromatic heterocycles. The number of esters is 1. The van der Waals surface area contributed by atoms with Gasteiger partial charge in [0.25, 0.3) is 0 Å². The van der Waals surface area contributed by atoms with E-state index in [1.54, 1.807) is 13.8 Å². The molecule has 0 aliphatic heterocycles. The first-order valence-electron chi connectivity index (χ1n) is 6.44. The van der Waals surface area contributed by atoms with Gasteiger partial charge in [-0.15, -0.1) is 0 Å². The van der Waals surface area contributed by atoms with E-state index in [0.29, 0.717) is 11.4 Å². The van der Waals surface area contributed by atoms with E-state index in [4.69, 9.17) is 5.73 Å². The van der Waals surface area contributed by atoms with Gasteiger partial charge >= 0.3 is 5.97 Å². The van der Waals surface area contributed by atoms with Crippen molar-refractivity contribution in [2.24, 2.45) is 5.92 Å². The molecule has 0 aromatic carbocycles. The van der Waals surface area contributed by atoms with Crippen LogP contribution in [0.4, 0.5) is 5.69 Å². The maximum absolute atomic E-state index is 12.0. The average molecular weight is 282 g/mol. The molecular weight excluding hydrogens is 260 g/mol. The minimum absolute atomic E-state index is 0.0179. The third-order valence-corrected chi connectivity index (χ3v) is 3.17. The molecular formula is C13H22N4O3. The fourth-order valence-electron chi connectivity index (χ4n) is 1.84. The quantitative estimate of drug-likeness (QED) is 0.761. The van der Waals surface area contributed by atoms with Gasteiger partial charge in [0.05, 0.1) is 24.2 Å². The first-order chi connectivity index (χ1) is 9.27. The van der Waals surface area contributed by atoms with Crippen molar-refractivity contribution in [1.29, 1.82) is 0 Å². The van der Waals surface area contributed by atoms with Gasteiger partial charge in [-0.05, 0) is 19.8 Å². The fraction of sp³-hybridized carbons (Fsp3) is 0.615. The third kappa shape index (κ3) is 3.49. The van der Waals surface area contributed by atoms with E-state index in [1.165, 1.54) is 11.8 Å². The molecule has 0 radical (unpaired) electrons. The standard InChI is InChI=1S/C13H22N4O3/c1-7(2)12(13(19)20-5)15-10(18)6-17-9(4)11(14)8(3)16-17/h7,12H,6,14H2,1-5H3,(H,15,18). The van der Waals surface area contributed by atoms with Gasteiger partial charge in [0.15, 0.2) is 0 Å². The molecule has 0 saturated carbocycles. The van der Waals surface area contributed by atoms with Crippen molar-refractivity contribution in [3.05, 3.63) is 11.4 Å². The summed E-state index contributed by atoms with van der Waals surface area (Å²) in [5.74, 6) is -0.821. The number of methoxy groups -OCH3 is 1. The van der Waals surface area contributed by atoms with Gasteiger partial charge in [-0.1, -0.05) is 13.8 Å². The predicted molar refractivity (Wildman–Crippen MR) is 74.9 cm³/mol. The van der Waals surface area contributed by atoms with Gasteiger partial charge in [-0.3, -0.25) is 9.48 Å². The number of hydrogen-bond donors (Lipinski definition) is 2. The highest BCUT2D eigenvalue weighted by Crippen LogP contribution is 2.14. The van der Waals surface area contributed by atoms with Crippen LogP contribution in [0.2, 0.25) is 0 Å². The van der Waals surface area contributed by atoms with Crippen LogP contribution >= 0.6 is 0 Å². The highest BCUT2D eigenvalue weighted by atomic mass is 16.5. The smallest absolute Gasteiger partial charge is 0.328 e. The van der Waals surface area contributed by atoms with Crippen molar-refractivity contribution in [2.75, 3.05) is 12.8 Å². The number of anilines is 1. The van der Waals surface area contributed by atoms with E-state index in [1.807, 2.05) is 13.8 Å². The maximum atomic E-state index is 12.0. The van der Waals surface area contributed by atoms with Crippen LogP contribution in [0.1, 0.15) is 25.2 Å². The van der Waals surface area contributed by atoms with E-state index in [0.717, 1.165) is 5.69 Å². The van der Waals surface area contributed by atoms with Gasteiger partial charge in [0.1, 0.15) is 12.6 Å². The summed E-state index contributed by atoms with van der Waals surface area (Å²) in [6, 6.07) is -0.665. The van der Waals surface area contributed by atoms with Crippen LogP contribution in [-0.2, 0) is 20.9 Å². The number of carbonyl (C=O) groups is 2. The van der Waals surface area contributed by atoms with Crippen LogP contribution in [0, 0.1) is 19.8 Å². The molecule has 0 aliphatic rings. The second kappa shape index (κ2) is 6.40. The molecule has 1 aromatic rings. The molecule has 112 valence electrons. The Bertz CT molecular complexity index is 508. The van der Waals surface area contributed by atoms with Crippen molar-refractivity contribution in [1.82, 2.24) is 15.1 Å². The minimum Gasteiger partial charge on any atom is -0.467 e. The Labute approximate surface area is 118 Å². The summed E-state index contributed by atoms with van der Waals surface area (Å²) in [5.41, 5.74) is 7.80. The summed E-state index contributed by atoms with van der Waals surface area (Å²) in [5, 5.41) is 6.84. The Morgan fingerprint density at radius 2 is 2.00 bits per heavy atom. The molecule has 20 heavy (non-hydrogen) atoms. The van der Waals surface area contributed by atoms with Crippen LogP contribution < -0.4 is 11.1 Å². The number of hydrogen-bond acceptors (Lipinski definition) is 5. The zero-order valence-corrected chi connectivity index (χ0v) is 12.6. The third-order valence-electron chi connectivity index (χ3n) is 3.17. The van der Waals surface area contributed by atoms with Crippen LogP contribution in [0.25, 0.3) is 0 Å². The number of carbonyl (C=O) groups excluding carboxylic acids is 2. The van der Waals surface area contributed by atoms with Gasteiger partial charge in [-0.25, -0.2) is 4.79 Å². The normalized spacial score (nSPS) is 12.3. The Balaban J connectivity index is 2.76. The van der Waals surface area contributed by atoms with Gasteiger partial charge in [0, 0.05) is 0 Å². The van der Waals surface area contributed by atoms with Crippen LogP contribution in [0.5, 0.6) is 0 Å². The largest absolute Gasteiger partial charge is 0.467 e. The molecule has 3 N–H and O–H groups in total. The van der Waals surface area contributed by atoms with Crippen LogP contribution in [0.3, 0.4) is 0 Å². The monoisotopic (exact) mass is 282 g/mol. The van der Waals surface area contributed by atoms with Gasteiger partial charge in [-0.2, -0.15) is 5.10 Å². The maximum Gasteiger partial charge on any atom is 0.328 e. The van der Waals surface area contributed by atoms with Crippen molar-refractivity contribution in [3.63, 3.8) is 0 Å². The van der Waals surface area contributed by atoms with Crippen molar-refractivity contribution < 1.29 is 14.3 Å². The molecule has 1 atom stereocenters. The zero-order valence-electron chi connectivity index (χ0n) is 12.6. The summed E-state index contributed by atoms with van der Waals surface area (Å²) in [6.45, 7) is 7.27. The van der Waals surface area contributed by atoms with Crippen molar-refractivity contribution in [2.45, 2.75) is 40.3 Å². The lowest BCUT2D eigenvalue weighted by Crippen LogP contribution is -2.46. The number of ether oxygens (including phenoxy) is 1. The Hall–Kier alpha value is -2.05. The van der Waals surface area contributed by atoms with Crippen LogP contribution in [0.15, 0.2) is 0 Å². The lowest BCUT2D eigenvalue weighted by Gasteiger charge is -2.19. The molecule has 0 saturated heterocycles. The SMILES string of the molecule is COC(=O)C(NC(=O)Cn1nc(C)c(N)c1C)C(C)C. The second-order valence-electron chi connectivity index (χ2n) is 5.05. The average Bonchev–Trinajstić information content (AvgIpc) is 2.62. The molecule has 0 fully saturated rings. The van der Waals surface area contributed by atoms with E-state index >= 15 is 0 Å². The van der Waals surface area contributed by atoms with Crippen molar-refractivity contribution in [3.8, 4) is 0 Å². The molecule has 1 amide bonds. The number of nitrogens with zero attached hydrogens (tertiary/aromatic N) is 2. The number of amides is 1. The lowest BCUT2D eigenvalue weighted by atomic mass is 10.0. The molecule has 1 rings (SSSR count). The summed E-state index contributed by atoms with van der Waals surface area (Å²) < 4.78 is 6.20. The lowest BCUT2D eigenvalue weighted by molar-refractivity contribution is -0.146. The first kappa shape index (κ1) is 16.0. The van der Waals surface area contributed by atoms with Gasteiger partial charge in [0.2, 0.25) is 5.91 Å². The topological polar surface area (TPSA) is 99.2 Å². The molecule has 1 heterocycles. The van der Waals surface area contributed by atoms with E-state index < -0.39 is 12.0 Å². The Kier molecular flexibility index (Phi) is 5.12. The number of aryl methyl sites for hydroxylation is 1. The number of rotatable bonds is 5. The van der Waals surface area contributed by atoms with E-state index in [9.17, 15) is 9.59 Å². The molecule has 0 aliphatic carbocycles. The fourth-order valence-corrected chi connectivity index (χ4v) is 1.84. The second-order valence-corrected chi connectivity index (χ2v) is 5.05. The van der Waals surface area contributed by atoms with E-state index in [-0.39, 0.29) is 18.4 Å². The first-order valence-corrected chi connectivity index (χ1v) is 6.44. The highest BCUT2D eigenvalue weighted by Gasteiger charge is 2.25. The zero-order chi connectivity index (χ0) is 15.4. The minimum atomic E-state index is -0.665. The molecule has 0 spiro atoms. The Morgan fingerprint density at radius 3 is 2.40 bits per heavy atom. The summed E-state index contributed by atoms with van der Waals surface area (Å²) in [6.07, 6.45) is 0. The molecule has 7 nitrogen and oxygen atoms in total. The predicted octanol–water partition coefficient (Wildman–Crippen LogP) is 0.396. The number of nitrogens with one attached hydrogen (secondary N) is 1. The highest BCUT2D eigenvalue weighted by molar-refractivity contribution is 5.84. The number of nitrogen functional groups attached to an aromatic ring is 1. The molecule has 7 heteroatoms. The summed E-state index contributed by atoms with van der Waals surface area (Å²) in [4.78, 5) is 23.6.